The second-order valence-corrected chi connectivity index (χ2v) is 5.17. The Kier molecular flexibility index (Phi) is 2.66. The maximum absolute atomic E-state index is 11.5. The van der Waals surface area contributed by atoms with Crippen LogP contribution in [0.2, 0.25) is 0 Å². The lowest BCUT2D eigenvalue weighted by Crippen LogP contribution is -2.43. The second kappa shape index (κ2) is 4.23. The molecule has 1 heterocycles. The Hall–Kier alpha value is -2.10. The van der Waals surface area contributed by atoms with Crippen molar-refractivity contribution in [1.82, 2.24) is 9.97 Å². The topological polar surface area (TPSA) is 66.0 Å². The molecule has 19 heavy (non-hydrogen) atoms. The van der Waals surface area contributed by atoms with Gasteiger partial charge < -0.3 is 10.1 Å². The first-order valence-corrected chi connectivity index (χ1v) is 6.49. The fourth-order valence-corrected chi connectivity index (χ4v) is 2.65. The highest BCUT2D eigenvalue weighted by molar-refractivity contribution is 5.81. The minimum Gasteiger partial charge on any atom is -0.480 e. The van der Waals surface area contributed by atoms with Crippen LogP contribution < -0.4 is 0 Å². The number of nitrogens with zero attached hydrogens (tertiary/aromatic N) is 1. The van der Waals surface area contributed by atoms with Gasteiger partial charge in [-0.3, -0.25) is 4.79 Å². The van der Waals surface area contributed by atoms with E-state index in [0.29, 0.717) is 18.7 Å². The van der Waals surface area contributed by atoms with E-state index in [9.17, 15) is 9.90 Å². The quantitative estimate of drug-likeness (QED) is 0.887. The summed E-state index contributed by atoms with van der Waals surface area (Å²) in [6.45, 7) is 1.94. The molecule has 2 aromatic rings. The Morgan fingerprint density at radius 3 is 2.53 bits per heavy atom. The van der Waals surface area contributed by atoms with Gasteiger partial charge in [-0.2, -0.15) is 0 Å². The van der Waals surface area contributed by atoms with Crippen LogP contribution in [0.1, 0.15) is 30.8 Å². The summed E-state index contributed by atoms with van der Waals surface area (Å²) in [6, 6.07) is 9.85. The number of aromatic amines is 1. The number of hydrogen-bond donors (Lipinski definition) is 2. The van der Waals surface area contributed by atoms with Crippen LogP contribution in [-0.4, -0.2) is 21.0 Å². The number of aliphatic carboxylic acids is 1. The highest BCUT2D eigenvalue weighted by Gasteiger charge is 2.48. The molecule has 0 atom stereocenters. The normalized spacial score (nSPS) is 16.9. The molecule has 4 nitrogen and oxygen atoms in total. The lowest BCUT2D eigenvalue weighted by Gasteiger charge is -2.35. The lowest BCUT2D eigenvalue weighted by atomic mass is 9.68. The molecule has 0 spiro atoms. The Labute approximate surface area is 111 Å². The van der Waals surface area contributed by atoms with Gasteiger partial charge >= 0.3 is 5.97 Å². The number of aryl methyl sites for hydroxylation is 1. The van der Waals surface area contributed by atoms with E-state index in [4.69, 9.17) is 0 Å². The van der Waals surface area contributed by atoms with Crippen molar-refractivity contribution in [3.63, 3.8) is 0 Å². The van der Waals surface area contributed by atoms with Crippen molar-refractivity contribution >= 4 is 5.97 Å². The summed E-state index contributed by atoms with van der Waals surface area (Å²) >= 11 is 0. The number of aromatic nitrogens is 2. The zero-order chi connectivity index (χ0) is 13.5. The second-order valence-electron chi connectivity index (χ2n) is 5.17. The van der Waals surface area contributed by atoms with Gasteiger partial charge in [0.25, 0.3) is 0 Å². The van der Waals surface area contributed by atoms with Crippen LogP contribution in [0.25, 0.3) is 11.3 Å². The maximum atomic E-state index is 11.5. The maximum Gasteiger partial charge on any atom is 0.317 e. The van der Waals surface area contributed by atoms with E-state index in [-0.39, 0.29) is 0 Å². The van der Waals surface area contributed by atoms with Gasteiger partial charge in [-0.1, -0.05) is 36.8 Å². The zero-order valence-corrected chi connectivity index (χ0v) is 10.8. The van der Waals surface area contributed by atoms with Crippen molar-refractivity contribution in [1.29, 1.82) is 0 Å². The van der Waals surface area contributed by atoms with E-state index in [2.05, 4.69) is 9.97 Å². The number of hydrogen-bond acceptors (Lipinski definition) is 2. The van der Waals surface area contributed by atoms with Gasteiger partial charge in [0, 0.05) is 11.3 Å². The standard InChI is InChI=1S/C15H16N2O2/c1-10-12(11-6-3-2-4-7-11)17-13(16-10)15(14(18)19)8-5-9-15/h2-4,6-7H,5,8-9H2,1H3,(H,16,17)(H,18,19). The number of benzene rings is 1. The van der Waals surface area contributed by atoms with Crippen molar-refractivity contribution < 1.29 is 9.90 Å². The van der Waals surface area contributed by atoms with Crippen LogP contribution in [0.15, 0.2) is 30.3 Å². The van der Waals surface area contributed by atoms with Crippen molar-refractivity contribution in [2.45, 2.75) is 31.6 Å². The van der Waals surface area contributed by atoms with Crippen molar-refractivity contribution in [3.8, 4) is 11.3 Å². The number of carboxylic acid groups (broad SMARTS) is 1. The SMILES string of the molecule is Cc1[nH]c(C2(C(=O)O)CCC2)nc1-c1ccccc1. The molecular formula is C15H16N2O2. The molecule has 1 fully saturated rings. The lowest BCUT2D eigenvalue weighted by molar-refractivity contribution is -0.147. The predicted molar refractivity (Wildman–Crippen MR) is 71.9 cm³/mol. The molecule has 0 radical (unpaired) electrons. The fraction of sp³-hybridized carbons (Fsp3) is 0.333. The van der Waals surface area contributed by atoms with Crippen LogP contribution in [0.4, 0.5) is 0 Å². The van der Waals surface area contributed by atoms with Crippen molar-refractivity contribution in [2.75, 3.05) is 0 Å². The van der Waals surface area contributed by atoms with Gasteiger partial charge in [0.1, 0.15) is 11.2 Å². The van der Waals surface area contributed by atoms with Gasteiger partial charge in [0.2, 0.25) is 0 Å². The highest BCUT2D eigenvalue weighted by Crippen LogP contribution is 2.43. The van der Waals surface area contributed by atoms with E-state index in [1.807, 2.05) is 37.3 Å². The molecule has 1 aromatic carbocycles. The van der Waals surface area contributed by atoms with Gasteiger partial charge in [-0.25, -0.2) is 4.98 Å². The van der Waals surface area contributed by atoms with Crippen LogP contribution in [0.3, 0.4) is 0 Å². The van der Waals surface area contributed by atoms with Crippen LogP contribution in [0, 0.1) is 6.92 Å². The molecule has 1 aliphatic carbocycles. The number of nitrogens with one attached hydrogen (secondary N) is 1. The number of rotatable bonds is 3. The third-order valence-corrected chi connectivity index (χ3v) is 4.00. The van der Waals surface area contributed by atoms with Crippen LogP contribution in [0.5, 0.6) is 0 Å². The van der Waals surface area contributed by atoms with Gasteiger partial charge in [-0.05, 0) is 19.8 Å². The summed E-state index contributed by atoms with van der Waals surface area (Å²) in [4.78, 5) is 19.2. The number of imidazole rings is 1. The summed E-state index contributed by atoms with van der Waals surface area (Å²) in [7, 11) is 0. The van der Waals surface area contributed by atoms with Gasteiger partial charge in [-0.15, -0.1) is 0 Å². The van der Waals surface area contributed by atoms with Crippen molar-refractivity contribution in [3.05, 3.63) is 41.9 Å². The number of carbonyl (C=O) groups is 1. The number of carboxylic acids is 1. The molecule has 0 unspecified atom stereocenters. The summed E-state index contributed by atoms with van der Waals surface area (Å²) in [6.07, 6.45) is 2.29. The molecule has 2 N–H and O–H groups in total. The minimum atomic E-state index is -0.794. The summed E-state index contributed by atoms with van der Waals surface area (Å²) in [5.41, 5.74) is 2.00. The molecule has 4 heteroatoms. The molecule has 0 bridgehead atoms. The molecule has 98 valence electrons. The first kappa shape index (κ1) is 12.0. The largest absolute Gasteiger partial charge is 0.480 e. The predicted octanol–water partition coefficient (Wildman–Crippen LogP) is 2.89. The third-order valence-electron chi connectivity index (χ3n) is 4.00. The molecule has 1 aromatic heterocycles. The van der Waals surface area contributed by atoms with E-state index in [1.165, 1.54) is 0 Å². The van der Waals surface area contributed by atoms with E-state index < -0.39 is 11.4 Å². The van der Waals surface area contributed by atoms with E-state index in [0.717, 1.165) is 23.4 Å². The molecule has 0 saturated heterocycles. The molecule has 1 aliphatic rings. The molecule has 0 aliphatic heterocycles. The average Bonchev–Trinajstić information content (AvgIpc) is 2.70. The van der Waals surface area contributed by atoms with Gasteiger partial charge in [0.05, 0.1) is 5.69 Å². The minimum absolute atomic E-state index is 0.600. The van der Waals surface area contributed by atoms with Gasteiger partial charge in [0.15, 0.2) is 0 Å². The molecular weight excluding hydrogens is 240 g/mol. The Bertz CT molecular complexity index is 612. The molecule has 0 amide bonds. The van der Waals surface area contributed by atoms with E-state index >= 15 is 0 Å². The summed E-state index contributed by atoms with van der Waals surface area (Å²) < 4.78 is 0. The molecule has 3 rings (SSSR count). The van der Waals surface area contributed by atoms with Crippen molar-refractivity contribution in [2.24, 2.45) is 0 Å². The smallest absolute Gasteiger partial charge is 0.317 e. The fourth-order valence-electron chi connectivity index (χ4n) is 2.65. The Morgan fingerprint density at radius 2 is 2.00 bits per heavy atom. The summed E-state index contributed by atoms with van der Waals surface area (Å²) in [5, 5.41) is 9.45. The van der Waals surface area contributed by atoms with E-state index in [1.54, 1.807) is 0 Å². The zero-order valence-electron chi connectivity index (χ0n) is 10.8. The Balaban J connectivity index is 2.05. The summed E-state index contributed by atoms with van der Waals surface area (Å²) in [5.74, 6) is -0.172. The van der Waals surface area contributed by atoms with Crippen LogP contribution >= 0.6 is 0 Å². The number of H-pyrrole nitrogens is 1. The first-order chi connectivity index (χ1) is 9.13. The van der Waals surface area contributed by atoms with Crippen LogP contribution in [-0.2, 0) is 10.2 Å². The average molecular weight is 256 g/mol. The monoisotopic (exact) mass is 256 g/mol. The first-order valence-electron chi connectivity index (χ1n) is 6.49. The Morgan fingerprint density at radius 1 is 1.32 bits per heavy atom. The molecule has 1 saturated carbocycles. The third kappa shape index (κ3) is 1.75. The highest BCUT2D eigenvalue weighted by atomic mass is 16.4.